The molecule has 0 aromatic heterocycles. The minimum absolute atomic E-state index is 0. The summed E-state index contributed by atoms with van der Waals surface area (Å²) in [6.45, 7) is 18.1. The van der Waals surface area contributed by atoms with Gasteiger partial charge in [0, 0.05) is 11.9 Å². The van der Waals surface area contributed by atoms with Crippen LogP contribution in [0.1, 0.15) is 511 Å². The number of carbonyl (C=O) groups excluding carboxylic acids is 2. The molecule has 0 saturated carbocycles. The van der Waals surface area contributed by atoms with Gasteiger partial charge >= 0.3 is 93.5 Å². The maximum Gasteiger partial charge on any atom is 0.0445 e. The van der Waals surface area contributed by atoms with Crippen LogP contribution in [0.3, 0.4) is 0 Å². The van der Waals surface area contributed by atoms with E-state index >= 15 is 0 Å². The Hall–Kier alpha value is 3.34. The van der Waals surface area contributed by atoms with Crippen molar-refractivity contribution in [3.63, 3.8) is 0 Å². The Labute approximate surface area is 737 Å². The second-order valence-corrected chi connectivity index (χ2v) is 35.1. The quantitative estimate of drug-likeness (QED) is 0.0275. The van der Waals surface area contributed by atoms with Crippen molar-refractivity contribution in [3.8, 4) is 0 Å². The van der Waals surface area contributed by atoms with Crippen LogP contribution in [0.25, 0.3) is 0 Å². The first-order valence-electron chi connectivity index (χ1n) is 45.7. The first kappa shape index (κ1) is 129. The van der Waals surface area contributed by atoms with Crippen molar-refractivity contribution in [1.29, 1.82) is 0 Å². The van der Waals surface area contributed by atoms with Crippen LogP contribution in [-0.4, -0.2) is 97.3 Å². The van der Waals surface area contributed by atoms with Gasteiger partial charge in [0.15, 0.2) is 0 Å². The van der Waals surface area contributed by atoms with Gasteiger partial charge in [0.05, 0.1) is 0 Å². The maximum atomic E-state index is 10.7. The van der Waals surface area contributed by atoms with E-state index in [1.165, 1.54) is 420 Å². The zero-order chi connectivity index (χ0) is 79.3. The number of carbonyl (C=O) groups is 2. The molecule has 0 aromatic carbocycles. The van der Waals surface area contributed by atoms with Crippen LogP contribution >= 0.6 is 12.6 Å². The Balaban J connectivity index is -0.000000122. The van der Waals surface area contributed by atoms with E-state index in [9.17, 15) is 19.8 Å². The first-order chi connectivity index (χ1) is 50.9. The predicted octanol–water partition coefficient (Wildman–Crippen LogP) is 29.2. The largest absolute Gasteiger partial charge is 2.00 e. The first-order valence-corrected chi connectivity index (χ1v) is 53.8. The summed E-state index contributed by atoms with van der Waals surface area (Å²) >= 11 is 36.8. The standard InChI is InChI=1S/6C12H26S.C11H20O4S.2C4H9.S.2Sn/c6*1-2-3-4-5-6-7-8-9-10-11-12-13;12-10(13)6-4-2-1-3-5-9(7-8-16)11(14)15;2*1-3-4-2;;;/h6*13H,2-12H2,1H3;9,16H,1-8H2,(H,12,13)(H,14,15);2*1,3-4H2,2H3;;;/q;;;;;;;;;-2;2*+3/p-8. The van der Waals surface area contributed by atoms with Crippen LogP contribution < -0.4 is 10.2 Å². The molecule has 4 nitrogen and oxygen atoms in total. The van der Waals surface area contributed by atoms with Crippen LogP contribution in [0.4, 0.5) is 0 Å². The molecule has 105 heavy (non-hydrogen) atoms. The molecule has 0 amide bonds. The van der Waals surface area contributed by atoms with Gasteiger partial charge in [-0.1, -0.05) is 446 Å². The average Bonchev–Trinajstić information content (AvgIpc) is 2.98. The number of thiol groups is 1. The molecule has 0 aromatic rings. The summed E-state index contributed by atoms with van der Waals surface area (Å²) in [5.74, 6) is 3.82. The monoisotopic (exact) mass is 1840 g/mol. The van der Waals surface area contributed by atoms with Gasteiger partial charge < -0.3 is 109 Å². The fourth-order valence-corrected chi connectivity index (χ4v) is 15.0. The molecular weight excluding hydrogens is 1650 g/mol. The van der Waals surface area contributed by atoms with Crippen molar-refractivity contribution < 1.29 is 19.8 Å². The van der Waals surface area contributed by atoms with Crippen molar-refractivity contribution in [3.05, 3.63) is 0 Å². The number of hydrogen-bond acceptors (Lipinski definition) is 11. The predicted molar refractivity (Wildman–Crippen MR) is 502 cm³/mol. The fraction of sp³-hybridized carbons (Fsp3) is 0.978. The van der Waals surface area contributed by atoms with E-state index in [0.29, 0.717) is 25.0 Å². The van der Waals surface area contributed by atoms with Gasteiger partial charge in [0.25, 0.3) is 0 Å². The molecule has 0 radical (unpaired) electrons. The summed E-state index contributed by atoms with van der Waals surface area (Å²) in [6.07, 6.45) is 94.1. The molecule has 0 rings (SSSR count). The molecule has 0 aliphatic rings. The number of aliphatic carboxylic acids is 2. The second kappa shape index (κ2) is 142. The van der Waals surface area contributed by atoms with Crippen molar-refractivity contribution in [1.82, 2.24) is 0 Å². The number of carboxylic acids is 2. The van der Waals surface area contributed by atoms with Crippen LogP contribution in [0.2, 0.25) is 8.87 Å². The van der Waals surface area contributed by atoms with Gasteiger partial charge in [-0.2, -0.15) is 47.1 Å². The summed E-state index contributed by atoms with van der Waals surface area (Å²) in [7, 11) is 0. The van der Waals surface area contributed by atoms with Gasteiger partial charge in [-0.05, 0) is 37.4 Å². The normalized spacial score (nSPS) is 10.6. The number of hydrogen-bond donors (Lipinski definition) is 1. The molecule has 0 aliphatic heterocycles. The molecule has 14 heteroatoms. The van der Waals surface area contributed by atoms with E-state index in [-0.39, 0.29) is 19.9 Å². The van der Waals surface area contributed by atoms with Crippen LogP contribution in [0, 0.1) is 5.92 Å². The molecule has 0 aliphatic carbocycles. The van der Waals surface area contributed by atoms with Crippen molar-refractivity contribution in [2.45, 2.75) is 520 Å². The Morgan fingerprint density at radius 2 is 0.400 bits per heavy atom. The van der Waals surface area contributed by atoms with Gasteiger partial charge in [-0.25, -0.2) is 0 Å². The number of carboxylic acid groups (broad SMARTS) is 2. The minimum Gasteiger partial charge on any atom is -2.00 e. The van der Waals surface area contributed by atoms with E-state index in [1.807, 2.05) is 0 Å². The third-order valence-electron chi connectivity index (χ3n) is 18.5. The number of unbranched alkanes of at least 4 members (excludes halogenated alkanes) is 59. The van der Waals surface area contributed by atoms with E-state index in [4.69, 9.17) is 75.8 Å². The van der Waals surface area contributed by atoms with E-state index in [1.54, 1.807) is 45.0 Å². The Morgan fingerprint density at radius 3 is 0.524 bits per heavy atom. The van der Waals surface area contributed by atoms with Crippen LogP contribution in [0.15, 0.2) is 0 Å². The van der Waals surface area contributed by atoms with Crippen molar-refractivity contribution in [2.75, 3.05) is 40.3 Å². The molecule has 0 heterocycles. The fourth-order valence-electron chi connectivity index (χ4n) is 11.4. The Morgan fingerprint density at radius 1 is 0.248 bits per heavy atom. The zero-order valence-electron chi connectivity index (χ0n) is 72.1. The zero-order valence-corrected chi connectivity index (χ0v) is 84.4. The summed E-state index contributed by atoms with van der Waals surface area (Å²) in [5.41, 5.74) is 0. The molecule has 1 atom stereocenters. The number of rotatable bonds is 74. The molecular formula is C91H186O4S8Sn2-4. The summed E-state index contributed by atoms with van der Waals surface area (Å²) in [6, 6.07) is 0. The van der Waals surface area contributed by atoms with Gasteiger partial charge in [0.2, 0.25) is 0 Å². The van der Waals surface area contributed by atoms with Crippen molar-refractivity contribution in [2.24, 2.45) is 5.92 Å². The van der Waals surface area contributed by atoms with Gasteiger partial charge in [-0.15, -0.1) is 0 Å². The molecule has 0 N–H and O–H groups in total. The summed E-state index contributed by atoms with van der Waals surface area (Å²) in [5, 5.41) is 20.8. The molecule has 0 bridgehead atoms. The van der Waals surface area contributed by atoms with E-state index in [0.717, 1.165) is 53.8 Å². The minimum atomic E-state index is -1.03. The molecule has 0 saturated heterocycles. The maximum absolute atomic E-state index is 10.7. The van der Waals surface area contributed by atoms with Crippen molar-refractivity contribution >= 4 is 159 Å². The smallest absolute Gasteiger partial charge is 0.0445 e. The molecule has 0 fully saturated rings. The molecule has 634 valence electrons. The summed E-state index contributed by atoms with van der Waals surface area (Å²) < 4.78 is 2.87. The van der Waals surface area contributed by atoms with Gasteiger partial charge in [-0.3, -0.25) is 0 Å². The van der Waals surface area contributed by atoms with E-state index < -0.39 is 17.9 Å². The average molecular weight is 1840 g/mol. The van der Waals surface area contributed by atoms with Gasteiger partial charge in [0.1, 0.15) is 0 Å². The summed E-state index contributed by atoms with van der Waals surface area (Å²) in [4.78, 5) is 20.8. The Bertz CT molecular complexity index is 1080. The molecule has 1 unspecified atom stereocenters. The topological polar surface area (TPSA) is 80.3 Å². The van der Waals surface area contributed by atoms with E-state index in [2.05, 4.69) is 68.0 Å². The second-order valence-electron chi connectivity index (χ2n) is 29.4. The third-order valence-corrected chi connectivity index (χ3v) is 22.6. The third kappa shape index (κ3) is 171. The molecule has 0 spiro atoms. The van der Waals surface area contributed by atoms with Crippen LogP contribution in [0.5, 0.6) is 0 Å². The van der Waals surface area contributed by atoms with Crippen LogP contribution in [-0.2, 0) is 98.9 Å². The Kier molecular flexibility index (Phi) is 175. The SMILES string of the molecule is CCCCCCCCCCCC[S-].CCCCCCCCCCCC[S-].CCCCCCCCCCCC[S-].CCCCCCCCCCCC[S-].CCCCCCCCCCCC[S-].CCCCCCCCCCCC[S-].CCC[CH2][Sn+3].CCC[CH2][Sn+3].O=C([O-])CCCCCCC(CCS)C(=O)[O-].[S-2].